The van der Waals surface area contributed by atoms with Crippen molar-refractivity contribution in [3.8, 4) is 11.5 Å². The third kappa shape index (κ3) is 13.1. The zero-order chi connectivity index (χ0) is 55.3. The summed E-state index contributed by atoms with van der Waals surface area (Å²) in [7, 11) is -1.15. The van der Waals surface area contributed by atoms with E-state index >= 15 is 0 Å². The Morgan fingerprint density at radius 3 is 1.38 bits per heavy atom. The van der Waals surface area contributed by atoms with E-state index in [2.05, 4.69) is 47.0 Å². The van der Waals surface area contributed by atoms with Crippen molar-refractivity contribution in [2.45, 2.75) is 157 Å². The van der Waals surface area contributed by atoms with E-state index in [0.717, 1.165) is 16.7 Å². The molecule has 426 valence electrons. The highest BCUT2D eigenvalue weighted by molar-refractivity contribution is 6.74. The average molecular weight is 1110 g/mol. The van der Waals surface area contributed by atoms with Gasteiger partial charge in [0.25, 0.3) is 0 Å². The van der Waals surface area contributed by atoms with Crippen molar-refractivity contribution < 1.29 is 85.0 Å². The van der Waals surface area contributed by atoms with Crippen LogP contribution >= 0.6 is 0 Å². The predicted octanol–water partition coefficient (Wildman–Crippen LogP) is 8.83. The molecule has 18 atom stereocenters. The van der Waals surface area contributed by atoms with Crippen LogP contribution in [-0.2, 0) is 75.5 Å². The summed E-state index contributed by atoms with van der Waals surface area (Å²) in [5.41, 5.74) is 2.38. The first-order chi connectivity index (χ1) is 38.2. The summed E-state index contributed by atoms with van der Waals surface area (Å²) in [5.74, 6) is 0.385. The van der Waals surface area contributed by atoms with E-state index in [1.54, 1.807) is 43.5 Å². The molecule has 3 unspecified atom stereocenters. The summed E-state index contributed by atoms with van der Waals surface area (Å²) >= 11 is 0. The van der Waals surface area contributed by atoms with Gasteiger partial charge >= 0.3 is 5.97 Å². The van der Waals surface area contributed by atoms with Crippen LogP contribution in [0.5, 0.6) is 11.5 Å². The van der Waals surface area contributed by atoms with Gasteiger partial charge in [0, 0.05) is 23.6 Å². The lowest BCUT2D eigenvalue weighted by atomic mass is 9.94. The largest absolute Gasteiger partial charge is 0.497 e. The molecule has 0 saturated carbocycles. The second-order valence-electron chi connectivity index (χ2n) is 21.7. The molecule has 6 fully saturated rings. The molecule has 19 heteroatoms. The number of carbonyl (C=O) groups is 1. The van der Waals surface area contributed by atoms with Crippen molar-refractivity contribution in [3.05, 3.63) is 157 Å². The van der Waals surface area contributed by atoms with E-state index in [9.17, 15) is 4.79 Å². The third-order valence-corrected chi connectivity index (χ3v) is 19.8. The molecule has 0 aliphatic carbocycles. The molecule has 0 amide bonds. The van der Waals surface area contributed by atoms with E-state index in [-0.39, 0.29) is 38.1 Å². The lowest BCUT2D eigenvalue weighted by Crippen LogP contribution is -2.70. The van der Waals surface area contributed by atoms with Crippen molar-refractivity contribution >= 4 is 14.3 Å². The fourth-order valence-corrected chi connectivity index (χ4v) is 11.7. The van der Waals surface area contributed by atoms with Crippen LogP contribution in [0.1, 0.15) is 63.3 Å². The molecule has 0 bridgehead atoms. The number of methoxy groups -OCH3 is 1. The highest BCUT2D eigenvalue weighted by atomic mass is 28.4. The Hall–Kier alpha value is -4.91. The van der Waals surface area contributed by atoms with Gasteiger partial charge < -0.3 is 80.2 Å². The summed E-state index contributed by atoms with van der Waals surface area (Å²) < 4.78 is 115. The second kappa shape index (κ2) is 25.5. The summed E-state index contributed by atoms with van der Waals surface area (Å²) in [6, 6.07) is 35.8. The zero-order valence-electron chi connectivity index (χ0n) is 45.8. The molecule has 0 spiro atoms. The molecule has 4 aromatic rings. The van der Waals surface area contributed by atoms with E-state index in [1.165, 1.54) is 6.92 Å². The Morgan fingerprint density at radius 1 is 0.544 bits per heavy atom. The molecular weight excluding hydrogens is 1040 g/mol. The molecule has 4 aromatic carbocycles. The van der Waals surface area contributed by atoms with Crippen LogP contribution in [-0.4, -0.2) is 147 Å². The predicted molar refractivity (Wildman–Crippen MR) is 287 cm³/mol. The van der Waals surface area contributed by atoms with Crippen LogP contribution in [0.15, 0.2) is 141 Å². The molecule has 6 aliphatic rings. The minimum absolute atomic E-state index is 0.0510. The highest BCUT2D eigenvalue weighted by Gasteiger charge is 2.61. The minimum atomic E-state index is -2.72. The van der Waals surface area contributed by atoms with Crippen LogP contribution in [0.4, 0.5) is 0 Å². The van der Waals surface area contributed by atoms with Crippen molar-refractivity contribution in [2.75, 3.05) is 40.1 Å². The van der Waals surface area contributed by atoms with Gasteiger partial charge in [-0.3, -0.25) is 4.79 Å². The van der Waals surface area contributed by atoms with Crippen LogP contribution in [0, 0.1) is 0 Å². The fraction of sp³-hybridized carbons (Fsp3) is 0.517. The summed E-state index contributed by atoms with van der Waals surface area (Å²) in [6.45, 7) is 20.6. The lowest BCUT2D eigenvalue weighted by Gasteiger charge is -2.55. The highest BCUT2D eigenvalue weighted by Crippen LogP contribution is 2.46. The van der Waals surface area contributed by atoms with E-state index in [1.807, 2.05) is 91.0 Å². The number of hydrogen-bond donors (Lipinski definition) is 0. The molecule has 79 heavy (non-hydrogen) atoms. The summed E-state index contributed by atoms with van der Waals surface area (Å²) in [4.78, 5) is 13.4. The van der Waals surface area contributed by atoms with E-state index in [4.69, 9.17) is 80.2 Å². The lowest BCUT2D eigenvalue weighted by molar-refractivity contribution is -0.424. The minimum Gasteiger partial charge on any atom is -0.497 e. The van der Waals surface area contributed by atoms with Crippen molar-refractivity contribution in [2.24, 2.45) is 0 Å². The number of ether oxygens (including phenoxy) is 16. The van der Waals surface area contributed by atoms with Crippen molar-refractivity contribution in [1.29, 1.82) is 0 Å². The topological polar surface area (TPSA) is 174 Å². The van der Waals surface area contributed by atoms with Crippen LogP contribution in [0.3, 0.4) is 0 Å². The number of rotatable bonds is 19. The molecule has 0 N–H and O–H groups in total. The van der Waals surface area contributed by atoms with Gasteiger partial charge in [-0.05, 0) is 42.4 Å². The maximum absolute atomic E-state index is 13.4. The van der Waals surface area contributed by atoms with Gasteiger partial charge in [-0.2, -0.15) is 0 Å². The Bertz CT molecular complexity index is 2590. The Labute approximate surface area is 463 Å². The van der Waals surface area contributed by atoms with Gasteiger partial charge in [-0.15, -0.1) is 13.2 Å². The molecule has 0 radical (unpaired) electrons. The number of hydrogen-bond acceptors (Lipinski definition) is 18. The van der Waals surface area contributed by atoms with Gasteiger partial charge in [0.1, 0.15) is 78.6 Å². The van der Waals surface area contributed by atoms with Crippen LogP contribution < -0.4 is 9.47 Å². The number of esters is 1. The molecule has 10 rings (SSSR count). The average Bonchev–Trinajstić information content (AvgIpc) is 3.64. The smallest absolute Gasteiger partial charge is 0.303 e. The van der Waals surface area contributed by atoms with Crippen molar-refractivity contribution in [1.82, 2.24) is 0 Å². The van der Waals surface area contributed by atoms with Gasteiger partial charge in [0.05, 0.1) is 40.1 Å². The maximum Gasteiger partial charge on any atom is 0.303 e. The van der Waals surface area contributed by atoms with E-state index < -0.39 is 125 Å². The van der Waals surface area contributed by atoms with Gasteiger partial charge in [0.15, 0.2) is 45.9 Å². The Morgan fingerprint density at radius 2 is 0.949 bits per heavy atom. The Balaban J connectivity index is 1.07. The van der Waals surface area contributed by atoms with Gasteiger partial charge in [-0.1, -0.05) is 124 Å². The SMILES string of the molecule is C=CCO[C@@H]1[C@@H](O[C@H]2O[C@@H]3COC(c4ccccc4)O[C@H]3[C@H](OCC=C)[C@H]2O[Si](C)(C)C(C)(C)C)[C@@H](O[C@@H]2[C@@H](OC(C)=O)[C@H](Oc3ccc(OC)cc3)O[C@@H]3COC(c4ccccc4)O[C@@H]23)O[C@@H]2COC(c3ccccc3)O[C@@H]12. The van der Waals surface area contributed by atoms with Crippen molar-refractivity contribution in [3.63, 3.8) is 0 Å². The monoisotopic (exact) mass is 1110 g/mol. The van der Waals surface area contributed by atoms with Crippen LogP contribution in [0.2, 0.25) is 18.1 Å². The fourth-order valence-electron chi connectivity index (χ4n) is 10.4. The molecule has 6 saturated heterocycles. The standard InChI is InChI=1S/C60H74O18Si/c1-10-31-63-48-45-42(33-65-54(73-45)37-21-15-12-16-22-37)71-58(51(48)77-59-53(78-79(8,9)60(4,5)6)49(64-32-11-2)46-43(72-59)34-66-55(74-46)38-23-17-13-18-24-38)76-50-47-44(35-67-56(75-47)39-25-19-14-20-26-39)70-57(52(50)68-36(3)61)69-41-29-27-40(62-7)28-30-41/h10-30,42-59H,1-2,31-35H2,3-9H3/t42-,43-,44-,45-,46-,47-,48+,49+,50+,51-,52-,53-,54?,55?,56?,57-,58-,59-/m1/s1. The zero-order valence-corrected chi connectivity index (χ0v) is 46.8. The second-order valence-corrected chi connectivity index (χ2v) is 26.5. The van der Waals surface area contributed by atoms with E-state index in [0.29, 0.717) is 11.5 Å². The van der Waals surface area contributed by atoms with Gasteiger partial charge in [-0.25, -0.2) is 0 Å². The molecule has 0 aromatic heterocycles. The molecule has 18 nitrogen and oxygen atoms in total. The molecule has 6 aliphatic heterocycles. The van der Waals surface area contributed by atoms with Crippen LogP contribution in [0.25, 0.3) is 0 Å². The normalized spacial score (nSPS) is 34.7. The van der Waals surface area contributed by atoms with Gasteiger partial charge in [0.2, 0.25) is 6.29 Å². The first kappa shape index (κ1) is 57.3. The first-order valence-corrected chi connectivity index (χ1v) is 30.0. The number of fused-ring (bicyclic) bond motifs is 3. The summed E-state index contributed by atoms with van der Waals surface area (Å²) in [6.07, 6.45) is -14.0. The quantitative estimate of drug-likeness (QED) is 0.0494. The Kier molecular flexibility index (Phi) is 18.5. The number of benzene rings is 4. The maximum atomic E-state index is 13.4. The number of carbonyl (C=O) groups excluding carboxylic acids is 1. The molecule has 6 heterocycles. The molecular formula is C60H74O18Si. The third-order valence-electron chi connectivity index (χ3n) is 15.3. The first-order valence-electron chi connectivity index (χ1n) is 27.1. The summed E-state index contributed by atoms with van der Waals surface area (Å²) in [5, 5.41) is -0.275.